The molecular formula is C22H27NO5. The lowest BCUT2D eigenvalue weighted by Crippen LogP contribution is -2.27. The maximum absolute atomic E-state index is 12.5. The minimum Gasteiger partial charge on any atom is -0.479 e. The van der Waals surface area contributed by atoms with Gasteiger partial charge in [-0.2, -0.15) is 0 Å². The van der Waals surface area contributed by atoms with E-state index in [1.165, 1.54) is 0 Å². The Balaban J connectivity index is 1.90. The van der Waals surface area contributed by atoms with E-state index in [-0.39, 0.29) is 12.5 Å². The molecule has 0 aliphatic rings. The van der Waals surface area contributed by atoms with E-state index in [0.717, 1.165) is 17.7 Å². The third-order valence-electron chi connectivity index (χ3n) is 4.08. The maximum Gasteiger partial charge on any atom is 0.347 e. The highest BCUT2D eigenvalue weighted by molar-refractivity contribution is 6.04. The normalized spacial score (nSPS) is 11.5. The summed E-state index contributed by atoms with van der Waals surface area (Å²) in [5.41, 5.74) is 2.39. The Bertz CT molecular complexity index is 773. The van der Waals surface area contributed by atoms with Crippen molar-refractivity contribution in [1.29, 1.82) is 0 Å². The fourth-order valence-corrected chi connectivity index (χ4v) is 2.55. The number of esters is 1. The summed E-state index contributed by atoms with van der Waals surface area (Å²) in [6.45, 7) is 6.66. The van der Waals surface area contributed by atoms with Gasteiger partial charge in [-0.05, 0) is 56.2 Å². The largest absolute Gasteiger partial charge is 0.479 e. The molecule has 150 valence electrons. The highest BCUT2D eigenvalue weighted by atomic mass is 16.6. The average molecular weight is 385 g/mol. The first-order chi connectivity index (χ1) is 13.5. The number of hydrogen-bond acceptors (Lipinski definition) is 5. The van der Waals surface area contributed by atoms with Crippen LogP contribution in [0.4, 0.5) is 5.69 Å². The van der Waals surface area contributed by atoms with E-state index >= 15 is 0 Å². The molecule has 0 aliphatic carbocycles. The Hall–Kier alpha value is -2.86. The third-order valence-corrected chi connectivity index (χ3v) is 4.08. The van der Waals surface area contributed by atoms with Gasteiger partial charge in [0.1, 0.15) is 12.4 Å². The second kappa shape index (κ2) is 11.1. The molecule has 2 aromatic rings. The minimum atomic E-state index is -0.752. The number of carbonyl (C=O) groups excluding carboxylic acids is 2. The van der Waals surface area contributed by atoms with Crippen LogP contribution in [0.5, 0.6) is 5.75 Å². The number of carbonyl (C=O) groups is 2. The molecule has 6 nitrogen and oxygen atoms in total. The van der Waals surface area contributed by atoms with Gasteiger partial charge in [0.2, 0.25) is 0 Å². The van der Waals surface area contributed by atoms with Crippen molar-refractivity contribution in [2.75, 3.05) is 25.1 Å². The lowest BCUT2D eigenvalue weighted by molar-refractivity contribution is -0.152. The van der Waals surface area contributed by atoms with Gasteiger partial charge in [0, 0.05) is 17.9 Å². The van der Waals surface area contributed by atoms with Gasteiger partial charge in [-0.3, -0.25) is 4.79 Å². The molecule has 0 heterocycles. The van der Waals surface area contributed by atoms with Crippen LogP contribution in [0.2, 0.25) is 0 Å². The molecule has 0 saturated heterocycles. The number of anilines is 1. The van der Waals surface area contributed by atoms with Crippen LogP contribution in [0.15, 0.2) is 48.5 Å². The molecule has 0 unspecified atom stereocenters. The van der Waals surface area contributed by atoms with Crippen LogP contribution in [-0.2, 0) is 20.7 Å². The zero-order valence-electron chi connectivity index (χ0n) is 16.6. The molecule has 1 N–H and O–H groups in total. The Morgan fingerprint density at radius 2 is 1.71 bits per heavy atom. The van der Waals surface area contributed by atoms with E-state index in [2.05, 4.69) is 5.32 Å². The molecule has 2 rings (SSSR count). The van der Waals surface area contributed by atoms with Crippen molar-refractivity contribution in [2.24, 2.45) is 0 Å². The van der Waals surface area contributed by atoms with E-state index in [1.54, 1.807) is 31.2 Å². The SMILES string of the molecule is CCOCCOC(=O)[C@@H](C)Oc1ccc(C(=O)Nc2ccccc2CC)cc1. The highest BCUT2D eigenvalue weighted by Crippen LogP contribution is 2.18. The summed E-state index contributed by atoms with van der Waals surface area (Å²) < 4.78 is 15.8. The van der Waals surface area contributed by atoms with E-state index in [1.807, 2.05) is 38.1 Å². The fraction of sp³-hybridized carbons (Fsp3) is 0.364. The maximum atomic E-state index is 12.5. The van der Waals surface area contributed by atoms with E-state index in [9.17, 15) is 9.59 Å². The van der Waals surface area contributed by atoms with Crippen molar-refractivity contribution in [1.82, 2.24) is 0 Å². The molecule has 0 aliphatic heterocycles. The summed E-state index contributed by atoms with van der Waals surface area (Å²) in [5, 5.41) is 2.92. The molecule has 0 bridgehead atoms. The fourth-order valence-electron chi connectivity index (χ4n) is 2.55. The standard InChI is InChI=1S/C22H27NO5/c1-4-17-8-6-7-9-20(17)23-21(24)18-10-12-19(13-11-18)28-16(3)22(25)27-15-14-26-5-2/h6-13,16H,4-5,14-15H2,1-3H3,(H,23,24)/t16-/m1/s1. The van der Waals surface area contributed by atoms with Crippen molar-refractivity contribution < 1.29 is 23.8 Å². The summed E-state index contributed by atoms with van der Waals surface area (Å²) in [4.78, 5) is 24.3. The van der Waals surface area contributed by atoms with Crippen LogP contribution in [0.3, 0.4) is 0 Å². The predicted molar refractivity (Wildman–Crippen MR) is 108 cm³/mol. The number of para-hydroxylation sites is 1. The van der Waals surface area contributed by atoms with Crippen molar-refractivity contribution >= 4 is 17.6 Å². The molecule has 28 heavy (non-hydrogen) atoms. The number of amides is 1. The highest BCUT2D eigenvalue weighted by Gasteiger charge is 2.16. The van der Waals surface area contributed by atoms with Crippen molar-refractivity contribution in [3.05, 3.63) is 59.7 Å². The first kappa shape index (κ1) is 21.4. The number of ether oxygens (including phenoxy) is 3. The number of hydrogen-bond donors (Lipinski definition) is 1. The van der Waals surface area contributed by atoms with Gasteiger partial charge in [0.05, 0.1) is 6.61 Å². The quantitative estimate of drug-likeness (QED) is 0.497. The Labute approximate surface area is 165 Å². The molecule has 0 aromatic heterocycles. The number of rotatable bonds is 10. The summed E-state index contributed by atoms with van der Waals surface area (Å²) >= 11 is 0. The number of aryl methyl sites for hydroxylation is 1. The van der Waals surface area contributed by atoms with Crippen molar-refractivity contribution in [3.63, 3.8) is 0 Å². The van der Waals surface area contributed by atoms with Crippen LogP contribution in [-0.4, -0.2) is 37.8 Å². The smallest absolute Gasteiger partial charge is 0.347 e. The number of nitrogens with one attached hydrogen (secondary N) is 1. The number of benzene rings is 2. The molecule has 0 radical (unpaired) electrons. The van der Waals surface area contributed by atoms with E-state index in [4.69, 9.17) is 14.2 Å². The molecule has 1 atom stereocenters. The molecule has 2 aromatic carbocycles. The first-order valence-corrected chi connectivity index (χ1v) is 9.45. The van der Waals surface area contributed by atoms with Crippen LogP contribution < -0.4 is 10.1 Å². The Morgan fingerprint density at radius 1 is 1.00 bits per heavy atom. The summed E-state index contributed by atoms with van der Waals surface area (Å²) in [6.07, 6.45) is 0.0830. The van der Waals surface area contributed by atoms with E-state index in [0.29, 0.717) is 24.5 Å². The Morgan fingerprint density at radius 3 is 2.39 bits per heavy atom. The van der Waals surface area contributed by atoms with Crippen LogP contribution in [0.1, 0.15) is 36.7 Å². The Kier molecular flexibility index (Phi) is 8.49. The monoisotopic (exact) mass is 385 g/mol. The molecule has 0 spiro atoms. The van der Waals surface area contributed by atoms with Gasteiger partial charge in [0.15, 0.2) is 6.10 Å². The molecule has 0 saturated carbocycles. The van der Waals surface area contributed by atoms with Gasteiger partial charge in [-0.25, -0.2) is 4.79 Å². The van der Waals surface area contributed by atoms with Gasteiger partial charge in [0.25, 0.3) is 5.91 Å². The summed E-state index contributed by atoms with van der Waals surface area (Å²) in [5.74, 6) is -0.173. The van der Waals surface area contributed by atoms with Crippen molar-refractivity contribution in [3.8, 4) is 5.75 Å². The average Bonchev–Trinajstić information content (AvgIpc) is 2.72. The topological polar surface area (TPSA) is 73.9 Å². The third kappa shape index (κ3) is 6.39. The van der Waals surface area contributed by atoms with Gasteiger partial charge in [-0.1, -0.05) is 25.1 Å². The zero-order valence-corrected chi connectivity index (χ0v) is 16.6. The minimum absolute atomic E-state index is 0.193. The molecule has 6 heteroatoms. The first-order valence-electron chi connectivity index (χ1n) is 9.45. The van der Waals surface area contributed by atoms with Gasteiger partial charge < -0.3 is 19.5 Å². The lowest BCUT2D eigenvalue weighted by atomic mass is 10.1. The predicted octanol–water partition coefficient (Wildman–Crippen LogP) is 3.85. The summed E-state index contributed by atoms with van der Waals surface area (Å²) in [6, 6.07) is 14.3. The zero-order chi connectivity index (χ0) is 20.4. The summed E-state index contributed by atoms with van der Waals surface area (Å²) in [7, 11) is 0. The molecule has 1 amide bonds. The van der Waals surface area contributed by atoms with Crippen molar-refractivity contribution in [2.45, 2.75) is 33.3 Å². The molecular weight excluding hydrogens is 358 g/mol. The molecule has 0 fully saturated rings. The van der Waals surface area contributed by atoms with E-state index < -0.39 is 12.1 Å². The second-order valence-corrected chi connectivity index (χ2v) is 6.11. The van der Waals surface area contributed by atoms with Gasteiger partial charge >= 0.3 is 5.97 Å². The second-order valence-electron chi connectivity index (χ2n) is 6.11. The lowest BCUT2D eigenvalue weighted by Gasteiger charge is -2.14. The van der Waals surface area contributed by atoms with Crippen LogP contribution >= 0.6 is 0 Å². The van der Waals surface area contributed by atoms with Crippen LogP contribution in [0.25, 0.3) is 0 Å². The van der Waals surface area contributed by atoms with Gasteiger partial charge in [-0.15, -0.1) is 0 Å². The van der Waals surface area contributed by atoms with Crippen LogP contribution in [0, 0.1) is 0 Å².